The molecule has 0 amide bonds. The fourth-order valence-electron chi connectivity index (χ4n) is 1.77. The molecule has 0 radical (unpaired) electrons. The molecule has 1 fully saturated rings. The third-order valence-electron chi connectivity index (χ3n) is 2.88. The Morgan fingerprint density at radius 2 is 2.33 bits per heavy atom. The number of pyridine rings is 1. The van der Waals surface area contributed by atoms with E-state index in [9.17, 15) is 4.79 Å². The summed E-state index contributed by atoms with van der Waals surface area (Å²) in [5, 5.41) is 3.35. The summed E-state index contributed by atoms with van der Waals surface area (Å²) in [6, 6.07) is 5.84. The van der Waals surface area contributed by atoms with E-state index in [4.69, 9.17) is 0 Å². The molecule has 0 unspecified atom stereocenters. The van der Waals surface area contributed by atoms with Gasteiger partial charge in [0.2, 0.25) is 0 Å². The summed E-state index contributed by atoms with van der Waals surface area (Å²) < 4.78 is 0. The van der Waals surface area contributed by atoms with Gasteiger partial charge in [0.15, 0.2) is 0 Å². The molecule has 1 aliphatic carbocycles. The van der Waals surface area contributed by atoms with Crippen molar-refractivity contribution in [2.24, 2.45) is 0 Å². The molecule has 0 aliphatic heterocycles. The van der Waals surface area contributed by atoms with Gasteiger partial charge in [-0.25, -0.2) is 4.98 Å². The summed E-state index contributed by atoms with van der Waals surface area (Å²) in [5.74, 6) is 0.572. The number of hydrogen-bond acceptors (Lipinski definition) is 4. The smallest absolute Gasteiger partial charge is 0.251 e. The Morgan fingerprint density at radius 1 is 1.44 bits per heavy atom. The normalized spacial score (nSPS) is 14.7. The maximum absolute atomic E-state index is 11.6. The molecule has 0 atom stereocenters. The number of nitrogens with zero attached hydrogens (tertiary/aromatic N) is 2. The van der Waals surface area contributed by atoms with Gasteiger partial charge in [-0.05, 0) is 25.0 Å². The maximum atomic E-state index is 11.6. The number of hydrogen-bond donors (Lipinski definition) is 2. The standard InChI is InChI=1S/C13H14N4O/c18-12-6-11(8-15-10-3-4-10)16-13(17-12)9-2-1-5-14-7-9/h1-2,5-7,10,15H,3-4,8H2,(H,16,17,18). The second kappa shape index (κ2) is 4.70. The lowest BCUT2D eigenvalue weighted by molar-refractivity contribution is 0.672. The van der Waals surface area contributed by atoms with E-state index in [1.807, 2.05) is 12.1 Å². The Hall–Kier alpha value is -2.01. The Bertz CT molecular complexity index is 589. The van der Waals surface area contributed by atoms with Crippen molar-refractivity contribution >= 4 is 0 Å². The molecular formula is C13H14N4O. The zero-order valence-electron chi connectivity index (χ0n) is 9.89. The molecule has 2 aromatic heterocycles. The molecule has 18 heavy (non-hydrogen) atoms. The predicted molar refractivity (Wildman–Crippen MR) is 68.0 cm³/mol. The minimum Gasteiger partial charge on any atom is -0.308 e. The van der Waals surface area contributed by atoms with Gasteiger partial charge >= 0.3 is 0 Å². The molecule has 1 aliphatic rings. The summed E-state index contributed by atoms with van der Waals surface area (Å²) in [6.45, 7) is 0.641. The summed E-state index contributed by atoms with van der Waals surface area (Å²) in [6.07, 6.45) is 5.83. The van der Waals surface area contributed by atoms with E-state index in [1.54, 1.807) is 12.4 Å². The lowest BCUT2D eigenvalue weighted by Gasteiger charge is -2.05. The molecular weight excluding hydrogens is 228 g/mol. The number of aromatic amines is 1. The van der Waals surface area contributed by atoms with E-state index in [0.29, 0.717) is 18.4 Å². The number of aromatic nitrogens is 3. The maximum Gasteiger partial charge on any atom is 0.251 e. The van der Waals surface area contributed by atoms with E-state index in [2.05, 4.69) is 20.3 Å². The van der Waals surface area contributed by atoms with Crippen LogP contribution in [0.4, 0.5) is 0 Å². The van der Waals surface area contributed by atoms with Gasteiger partial charge < -0.3 is 10.3 Å². The van der Waals surface area contributed by atoms with Crippen LogP contribution >= 0.6 is 0 Å². The quantitative estimate of drug-likeness (QED) is 0.841. The van der Waals surface area contributed by atoms with Crippen LogP contribution in [0.1, 0.15) is 18.5 Å². The summed E-state index contributed by atoms with van der Waals surface area (Å²) in [4.78, 5) is 22.8. The van der Waals surface area contributed by atoms with Gasteiger partial charge in [0, 0.05) is 36.6 Å². The Labute approximate surface area is 104 Å². The van der Waals surface area contributed by atoms with Crippen molar-refractivity contribution in [2.45, 2.75) is 25.4 Å². The third-order valence-corrected chi connectivity index (χ3v) is 2.88. The van der Waals surface area contributed by atoms with Crippen molar-refractivity contribution in [3.05, 3.63) is 46.6 Å². The van der Waals surface area contributed by atoms with Gasteiger partial charge in [0.05, 0.1) is 5.69 Å². The van der Waals surface area contributed by atoms with Crippen molar-refractivity contribution < 1.29 is 0 Å². The Kier molecular flexibility index (Phi) is 2.90. The number of rotatable bonds is 4. The van der Waals surface area contributed by atoms with Crippen LogP contribution in [0.3, 0.4) is 0 Å². The highest BCUT2D eigenvalue weighted by Crippen LogP contribution is 2.19. The SMILES string of the molecule is O=c1cc(CNC2CC2)nc(-c2cccnc2)[nH]1. The molecule has 3 rings (SSSR count). The molecule has 5 heteroatoms. The molecule has 0 bridgehead atoms. The average molecular weight is 242 g/mol. The highest BCUT2D eigenvalue weighted by Gasteiger charge is 2.20. The summed E-state index contributed by atoms with van der Waals surface area (Å²) in [5.41, 5.74) is 1.46. The molecule has 0 saturated heterocycles. The molecule has 2 N–H and O–H groups in total. The fourth-order valence-corrected chi connectivity index (χ4v) is 1.77. The van der Waals surface area contributed by atoms with Crippen molar-refractivity contribution in [3.63, 3.8) is 0 Å². The van der Waals surface area contributed by atoms with Gasteiger partial charge in [-0.2, -0.15) is 0 Å². The van der Waals surface area contributed by atoms with E-state index >= 15 is 0 Å². The highest BCUT2D eigenvalue weighted by atomic mass is 16.1. The molecule has 92 valence electrons. The Balaban J connectivity index is 1.87. The number of H-pyrrole nitrogens is 1. The minimum absolute atomic E-state index is 0.128. The van der Waals surface area contributed by atoms with Crippen LogP contribution in [0, 0.1) is 0 Å². The van der Waals surface area contributed by atoms with Crippen LogP contribution in [0.2, 0.25) is 0 Å². The van der Waals surface area contributed by atoms with Crippen LogP contribution in [0.15, 0.2) is 35.4 Å². The first-order chi connectivity index (χ1) is 8.81. The molecule has 2 heterocycles. The van der Waals surface area contributed by atoms with Gasteiger partial charge in [0.1, 0.15) is 5.82 Å². The van der Waals surface area contributed by atoms with Gasteiger partial charge in [-0.1, -0.05) is 0 Å². The summed E-state index contributed by atoms with van der Waals surface area (Å²) in [7, 11) is 0. The van der Waals surface area contributed by atoms with Gasteiger partial charge in [0.25, 0.3) is 5.56 Å². The second-order valence-corrected chi connectivity index (χ2v) is 4.48. The van der Waals surface area contributed by atoms with Gasteiger partial charge in [-0.3, -0.25) is 9.78 Å². The van der Waals surface area contributed by atoms with E-state index in [0.717, 1.165) is 11.3 Å². The fraction of sp³-hybridized carbons (Fsp3) is 0.308. The van der Waals surface area contributed by atoms with Crippen molar-refractivity contribution in [3.8, 4) is 11.4 Å². The summed E-state index contributed by atoms with van der Waals surface area (Å²) >= 11 is 0. The minimum atomic E-state index is -0.128. The average Bonchev–Trinajstić information content (AvgIpc) is 3.21. The zero-order chi connectivity index (χ0) is 12.4. The van der Waals surface area contributed by atoms with E-state index < -0.39 is 0 Å². The largest absolute Gasteiger partial charge is 0.308 e. The predicted octanol–water partition coefficient (Wildman–Crippen LogP) is 1.08. The first-order valence-corrected chi connectivity index (χ1v) is 6.05. The lowest BCUT2D eigenvalue weighted by atomic mass is 10.2. The van der Waals surface area contributed by atoms with Crippen LogP contribution in [-0.4, -0.2) is 21.0 Å². The molecule has 0 aromatic carbocycles. The van der Waals surface area contributed by atoms with E-state index in [-0.39, 0.29) is 5.56 Å². The van der Waals surface area contributed by atoms with Crippen LogP contribution in [0.25, 0.3) is 11.4 Å². The molecule has 5 nitrogen and oxygen atoms in total. The van der Waals surface area contributed by atoms with Crippen LogP contribution < -0.4 is 10.9 Å². The first kappa shape index (κ1) is 11.1. The third kappa shape index (κ3) is 2.62. The van der Waals surface area contributed by atoms with Crippen LogP contribution in [0.5, 0.6) is 0 Å². The Morgan fingerprint density at radius 3 is 3.06 bits per heavy atom. The van der Waals surface area contributed by atoms with Gasteiger partial charge in [-0.15, -0.1) is 0 Å². The van der Waals surface area contributed by atoms with Crippen molar-refractivity contribution in [2.75, 3.05) is 0 Å². The topological polar surface area (TPSA) is 70.7 Å². The highest BCUT2D eigenvalue weighted by molar-refractivity contribution is 5.52. The first-order valence-electron chi connectivity index (χ1n) is 6.05. The number of nitrogens with one attached hydrogen (secondary N) is 2. The van der Waals surface area contributed by atoms with Crippen molar-refractivity contribution in [1.82, 2.24) is 20.3 Å². The molecule has 1 saturated carbocycles. The molecule has 2 aromatic rings. The molecule has 0 spiro atoms. The van der Waals surface area contributed by atoms with Crippen molar-refractivity contribution in [1.29, 1.82) is 0 Å². The van der Waals surface area contributed by atoms with E-state index in [1.165, 1.54) is 18.9 Å². The van der Waals surface area contributed by atoms with Crippen LogP contribution in [-0.2, 0) is 6.54 Å². The second-order valence-electron chi connectivity index (χ2n) is 4.48. The zero-order valence-corrected chi connectivity index (χ0v) is 9.89. The monoisotopic (exact) mass is 242 g/mol. The lowest BCUT2D eigenvalue weighted by Crippen LogP contribution is -2.19.